The first-order valence-electron chi connectivity index (χ1n) is 6.26. The van der Waals surface area contributed by atoms with Crippen LogP contribution >= 0.6 is 15.9 Å². The minimum Gasteiger partial charge on any atom is -0.348 e. The van der Waals surface area contributed by atoms with E-state index in [9.17, 15) is 8.78 Å². The lowest BCUT2D eigenvalue weighted by Crippen LogP contribution is -2.36. The van der Waals surface area contributed by atoms with Crippen LogP contribution in [-0.2, 0) is 21.6 Å². The van der Waals surface area contributed by atoms with Gasteiger partial charge < -0.3 is 9.47 Å². The highest BCUT2D eigenvalue weighted by Crippen LogP contribution is 2.37. The molecule has 0 aliphatic carbocycles. The fourth-order valence-corrected chi connectivity index (χ4v) is 2.69. The van der Waals surface area contributed by atoms with Crippen LogP contribution in [0.5, 0.6) is 0 Å². The molecule has 21 heavy (non-hydrogen) atoms. The number of ether oxygens (including phenoxy) is 2. The molecule has 2 heterocycles. The topological polar surface area (TPSA) is 49.2 Å². The van der Waals surface area contributed by atoms with Crippen molar-refractivity contribution in [3.8, 4) is 0 Å². The van der Waals surface area contributed by atoms with Gasteiger partial charge in [-0.25, -0.2) is 18.4 Å². The van der Waals surface area contributed by atoms with Gasteiger partial charge in [-0.3, -0.25) is 0 Å². The van der Waals surface area contributed by atoms with Gasteiger partial charge in [-0.15, -0.1) is 0 Å². The smallest absolute Gasteiger partial charge is 0.168 e. The van der Waals surface area contributed by atoms with Crippen LogP contribution in [0.2, 0.25) is 0 Å². The molecule has 1 fully saturated rings. The molecule has 8 heteroatoms. The van der Waals surface area contributed by atoms with Gasteiger partial charge in [-0.05, 0) is 6.07 Å². The zero-order valence-corrected chi connectivity index (χ0v) is 12.5. The van der Waals surface area contributed by atoms with Crippen LogP contribution in [0.1, 0.15) is 5.56 Å². The van der Waals surface area contributed by atoms with Gasteiger partial charge in [-0.2, -0.15) is 5.10 Å². The maximum absolute atomic E-state index is 14.2. The molecule has 1 aromatic carbocycles. The van der Waals surface area contributed by atoms with Crippen molar-refractivity contribution in [3.63, 3.8) is 0 Å². The second-order valence-electron chi connectivity index (χ2n) is 4.72. The van der Waals surface area contributed by atoms with Crippen LogP contribution in [0.4, 0.5) is 8.78 Å². The SMILES string of the molecule is Fc1ccc([C@]2(Cn3cncn3)CO[C@@H](CBr)O2)c(F)c1. The van der Waals surface area contributed by atoms with E-state index in [4.69, 9.17) is 9.47 Å². The van der Waals surface area contributed by atoms with Crippen molar-refractivity contribution in [2.24, 2.45) is 0 Å². The number of aromatic nitrogens is 3. The second-order valence-corrected chi connectivity index (χ2v) is 5.37. The summed E-state index contributed by atoms with van der Waals surface area (Å²) >= 11 is 3.27. The van der Waals surface area contributed by atoms with E-state index in [0.29, 0.717) is 5.33 Å². The number of benzene rings is 1. The molecule has 0 N–H and O–H groups in total. The van der Waals surface area contributed by atoms with Crippen molar-refractivity contribution < 1.29 is 18.3 Å². The molecule has 0 radical (unpaired) electrons. The Kier molecular flexibility index (Phi) is 4.01. The Morgan fingerprint density at radius 3 is 2.90 bits per heavy atom. The van der Waals surface area contributed by atoms with Crippen LogP contribution < -0.4 is 0 Å². The van der Waals surface area contributed by atoms with Gasteiger partial charge in [0.05, 0.1) is 18.5 Å². The maximum atomic E-state index is 14.2. The first kappa shape index (κ1) is 14.6. The van der Waals surface area contributed by atoms with Crippen LogP contribution in [0.15, 0.2) is 30.9 Å². The van der Waals surface area contributed by atoms with Crippen molar-refractivity contribution in [2.75, 3.05) is 11.9 Å². The number of rotatable bonds is 4. The third-order valence-electron chi connectivity index (χ3n) is 3.29. The molecule has 2 aromatic rings. The van der Waals surface area contributed by atoms with E-state index < -0.39 is 23.5 Å². The summed E-state index contributed by atoms with van der Waals surface area (Å²) in [6.07, 6.45) is 2.39. The number of hydrogen-bond donors (Lipinski definition) is 0. The quantitative estimate of drug-likeness (QED) is 0.785. The van der Waals surface area contributed by atoms with E-state index in [1.54, 1.807) is 0 Å². The Morgan fingerprint density at radius 1 is 1.43 bits per heavy atom. The van der Waals surface area contributed by atoms with E-state index in [1.807, 2.05) is 0 Å². The monoisotopic (exact) mass is 359 g/mol. The summed E-state index contributed by atoms with van der Waals surface area (Å²) in [5.74, 6) is -1.31. The zero-order chi connectivity index (χ0) is 14.9. The van der Waals surface area contributed by atoms with Crippen LogP contribution in [0.3, 0.4) is 0 Å². The van der Waals surface area contributed by atoms with Gasteiger partial charge in [-0.1, -0.05) is 22.0 Å². The number of hydrogen-bond acceptors (Lipinski definition) is 4. The Hall–Kier alpha value is -1.38. The first-order valence-corrected chi connectivity index (χ1v) is 7.38. The van der Waals surface area contributed by atoms with Crippen LogP contribution in [0.25, 0.3) is 0 Å². The van der Waals surface area contributed by atoms with Gasteiger partial charge in [0.1, 0.15) is 29.9 Å². The molecule has 0 spiro atoms. The number of nitrogens with zero attached hydrogens (tertiary/aromatic N) is 3. The molecule has 0 saturated carbocycles. The van der Waals surface area contributed by atoms with Gasteiger partial charge in [0.2, 0.25) is 0 Å². The summed E-state index contributed by atoms with van der Waals surface area (Å²) in [5.41, 5.74) is -0.827. The first-order chi connectivity index (χ1) is 10.1. The summed E-state index contributed by atoms with van der Waals surface area (Å²) in [6.45, 7) is 0.366. The molecule has 3 rings (SSSR count). The highest BCUT2D eigenvalue weighted by molar-refractivity contribution is 9.09. The highest BCUT2D eigenvalue weighted by atomic mass is 79.9. The lowest BCUT2D eigenvalue weighted by atomic mass is 9.94. The van der Waals surface area contributed by atoms with Crippen LogP contribution in [-0.4, -0.2) is 33.0 Å². The fraction of sp³-hybridized carbons (Fsp3) is 0.385. The van der Waals surface area contributed by atoms with E-state index in [2.05, 4.69) is 26.0 Å². The van der Waals surface area contributed by atoms with Crippen LogP contribution in [0, 0.1) is 11.6 Å². The second kappa shape index (κ2) is 5.78. The number of halogens is 3. The minimum atomic E-state index is -1.07. The third-order valence-corrected chi connectivity index (χ3v) is 3.82. The van der Waals surface area contributed by atoms with E-state index >= 15 is 0 Å². The van der Waals surface area contributed by atoms with E-state index in [1.165, 1.54) is 29.5 Å². The van der Waals surface area contributed by atoms with Crippen molar-refractivity contribution in [2.45, 2.75) is 18.4 Å². The van der Waals surface area contributed by atoms with E-state index in [-0.39, 0.29) is 18.7 Å². The largest absolute Gasteiger partial charge is 0.348 e. The Balaban J connectivity index is 1.99. The summed E-state index contributed by atoms with van der Waals surface area (Å²) in [5, 5.41) is 4.46. The molecular formula is C13H12BrF2N3O2. The molecular weight excluding hydrogens is 348 g/mol. The maximum Gasteiger partial charge on any atom is 0.168 e. The summed E-state index contributed by atoms with van der Waals surface area (Å²) in [4.78, 5) is 3.86. The molecule has 0 amide bonds. The van der Waals surface area contributed by atoms with Gasteiger partial charge in [0.25, 0.3) is 0 Å². The van der Waals surface area contributed by atoms with Crippen molar-refractivity contribution in [3.05, 3.63) is 48.1 Å². The average molecular weight is 360 g/mol. The predicted molar refractivity (Wildman–Crippen MR) is 72.7 cm³/mol. The van der Waals surface area contributed by atoms with Gasteiger partial charge in [0, 0.05) is 11.6 Å². The molecule has 1 saturated heterocycles. The van der Waals surface area contributed by atoms with Crippen molar-refractivity contribution >= 4 is 15.9 Å². The van der Waals surface area contributed by atoms with Crippen molar-refractivity contribution in [1.82, 2.24) is 14.8 Å². The van der Waals surface area contributed by atoms with Gasteiger partial charge in [0.15, 0.2) is 6.29 Å². The molecule has 0 unspecified atom stereocenters. The van der Waals surface area contributed by atoms with E-state index in [0.717, 1.165) is 6.07 Å². The molecule has 1 aromatic heterocycles. The minimum absolute atomic E-state index is 0.145. The average Bonchev–Trinajstić information content (AvgIpc) is 3.09. The lowest BCUT2D eigenvalue weighted by molar-refractivity contribution is -0.0842. The molecule has 5 nitrogen and oxygen atoms in total. The Labute approximate surface area is 128 Å². The molecule has 112 valence electrons. The standard InChI is InChI=1S/C13H12BrF2N3O2/c14-4-12-20-6-13(21-12,5-19-8-17-7-18-19)10-2-1-9(15)3-11(10)16/h1-3,7-8,12H,4-6H2/t12-,13+/m1/s1. The Bertz CT molecular complexity index is 626. The molecule has 2 atom stereocenters. The fourth-order valence-electron chi connectivity index (χ4n) is 2.37. The zero-order valence-electron chi connectivity index (χ0n) is 10.9. The summed E-state index contributed by atoms with van der Waals surface area (Å²) < 4.78 is 40.2. The molecule has 0 bridgehead atoms. The normalized spacial score (nSPS) is 25.4. The summed E-state index contributed by atoms with van der Waals surface area (Å²) in [7, 11) is 0. The Morgan fingerprint density at radius 2 is 2.29 bits per heavy atom. The molecule has 1 aliphatic heterocycles. The lowest BCUT2D eigenvalue weighted by Gasteiger charge is -2.28. The third kappa shape index (κ3) is 2.83. The van der Waals surface area contributed by atoms with Crippen molar-refractivity contribution in [1.29, 1.82) is 0 Å². The van der Waals surface area contributed by atoms with Gasteiger partial charge >= 0.3 is 0 Å². The summed E-state index contributed by atoms with van der Waals surface area (Å²) in [6, 6.07) is 3.41. The predicted octanol–water partition coefficient (Wildman–Crippen LogP) is 2.22. The highest BCUT2D eigenvalue weighted by Gasteiger charge is 2.45. The number of alkyl halides is 1. The molecule has 1 aliphatic rings.